The summed E-state index contributed by atoms with van der Waals surface area (Å²) in [4.78, 5) is 75.8. The predicted molar refractivity (Wildman–Crippen MR) is 223 cm³/mol. The molecule has 11 nitrogen and oxygen atoms in total. The third-order valence-electron chi connectivity index (χ3n) is 8.66. The number of ether oxygens (including phenoxy) is 2. The van der Waals surface area contributed by atoms with Crippen molar-refractivity contribution < 1.29 is 53.6 Å². The van der Waals surface area contributed by atoms with Crippen molar-refractivity contribution in [3.8, 4) is 0 Å². The first-order chi connectivity index (χ1) is 27.6. The van der Waals surface area contributed by atoms with E-state index in [4.69, 9.17) is 9.47 Å². The predicted octanol–water partition coefficient (Wildman–Crippen LogP) is 7.39. The van der Waals surface area contributed by atoms with Gasteiger partial charge in [-0.05, 0) is 82.9 Å². The van der Waals surface area contributed by atoms with Crippen molar-refractivity contribution in [3.05, 3.63) is 179 Å². The van der Waals surface area contributed by atoms with Crippen LogP contribution in [-0.4, -0.2) is 67.7 Å². The second-order valence-corrected chi connectivity index (χ2v) is 15.0. The third-order valence-corrected chi connectivity index (χ3v) is 8.66. The molecule has 0 fully saturated rings. The Labute approximate surface area is 344 Å². The minimum absolute atomic E-state index is 0.0428. The number of esters is 2. The van der Waals surface area contributed by atoms with Crippen molar-refractivity contribution in [2.75, 3.05) is 0 Å². The first-order valence-corrected chi connectivity index (χ1v) is 18.6. The molecule has 0 aromatic heterocycles. The fourth-order valence-corrected chi connectivity index (χ4v) is 5.56. The molecule has 0 aliphatic rings. The second-order valence-electron chi connectivity index (χ2n) is 15.0. The Kier molecular flexibility index (Phi) is 16.2. The summed E-state index contributed by atoms with van der Waals surface area (Å²) in [5.41, 5.74) is -2.31. The molecule has 0 radical (unpaired) electrons. The highest BCUT2D eigenvalue weighted by Crippen LogP contribution is 2.31. The monoisotopic (exact) mass is 802 g/mol. The van der Waals surface area contributed by atoms with Crippen LogP contribution >= 0.6 is 0 Å². The molecule has 3 aromatic rings. The summed E-state index contributed by atoms with van der Waals surface area (Å²) in [5.74, 6) is -3.17. The van der Waals surface area contributed by atoms with E-state index in [1.54, 1.807) is 61.5 Å². The molecule has 0 bridgehead atoms. The summed E-state index contributed by atoms with van der Waals surface area (Å²) < 4.78 is 11.8. The van der Waals surface area contributed by atoms with E-state index in [9.17, 15) is 44.1 Å². The summed E-state index contributed by atoms with van der Waals surface area (Å²) in [5, 5.41) is 30.6. The molecule has 11 heteroatoms. The highest BCUT2D eigenvalue weighted by molar-refractivity contribution is 6.03. The van der Waals surface area contributed by atoms with Crippen molar-refractivity contribution in [2.24, 2.45) is 0 Å². The van der Waals surface area contributed by atoms with Crippen molar-refractivity contribution in [1.82, 2.24) is 0 Å². The molecule has 59 heavy (non-hydrogen) atoms. The molecular weight excluding hydrogens is 753 g/mol. The summed E-state index contributed by atoms with van der Waals surface area (Å²) in [6.45, 7) is 13.7. The van der Waals surface area contributed by atoms with Gasteiger partial charge in [-0.3, -0.25) is 19.2 Å². The largest absolute Gasteiger partial charge is 0.449 e. The Morgan fingerprint density at radius 2 is 1.02 bits per heavy atom. The lowest BCUT2D eigenvalue weighted by molar-refractivity contribution is -0.143. The first-order valence-electron chi connectivity index (χ1n) is 18.6. The number of benzene rings is 3. The van der Waals surface area contributed by atoms with E-state index in [0.29, 0.717) is 28.5 Å². The molecule has 1 unspecified atom stereocenters. The minimum Gasteiger partial charge on any atom is -0.449 e. The van der Waals surface area contributed by atoms with Crippen LogP contribution in [0.15, 0.2) is 145 Å². The van der Waals surface area contributed by atoms with E-state index >= 15 is 0 Å². The topological polar surface area (TPSA) is 182 Å². The van der Waals surface area contributed by atoms with Crippen LogP contribution < -0.4 is 0 Å². The summed E-state index contributed by atoms with van der Waals surface area (Å²) in [6.07, 6.45) is 11.2. The average molecular weight is 803 g/mol. The van der Waals surface area contributed by atoms with Crippen LogP contribution in [0.3, 0.4) is 0 Å². The third kappa shape index (κ3) is 13.3. The number of aliphatic hydroxyl groups is 3. The number of rotatable bonds is 19. The number of aldehydes is 1. The number of Topliss-reactive ketones (excluding diaryl/α,β-unsaturated/α-hetero) is 3. The van der Waals surface area contributed by atoms with Gasteiger partial charge in [0.25, 0.3) is 0 Å². The highest BCUT2D eigenvalue weighted by atomic mass is 16.5. The van der Waals surface area contributed by atoms with Crippen molar-refractivity contribution in [1.29, 1.82) is 0 Å². The van der Waals surface area contributed by atoms with E-state index < -0.39 is 58.3 Å². The van der Waals surface area contributed by atoms with E-state index in [0.717, 1.165) is 6.08 Å². The molecule has 0 heterocycles. The first kappa shape index (κ1) is 47.0. The number of carbonyl (C=O) groups is 6. The Bertz CT molecular complexity index is 2110. The van der Waals surface area contributed by atoms with E-state index in [-0.39, 0.29) is 22.3 Å². The van der Waals surface area contributed by atoms with Crippen molar-refractivity contribution in [3.63, 3.8) is 0 Å². The van der Waals surface area contributed by atoms with Gasteiger partial charge in [0, 0.05) is 22.8 Å². The Morgan fingerprint density at radius 3 is 1.39 bits per heavy atom. The van der Waals surface area contributed by atoms with Crippen LogP contribution in [0.4, 0.5) is 0 Å². The Balaban J connectivity index is 1.96. The zero-order chi connectivity index (χ0) is 44.1. The molecule has 3 aromatic carbocycles. The zero-order valence-corrected chi connectivity index (χ0v) is 34.2. The summed E-state index contributed by atoms with van der Waals surface area (Å²) in [7, 11) is 0. The normalized spacial score (nSPS) is 13.5. The van der Waals surface area contributed by atoms with Crippen LogP contribution in [0.5, 0.6) is 0 Å². The number of allylic oxidation sites excluding steroid dienone is 6. The van der Waals surface area contributed by atoms with Gasteiger partial charge in [0.1, 0.15) is 23.1 Å². The smallest absolute Gasteiger partial charge is 0.339 e. The van der Waals surface area contributed by atoms with E-state index in [1.165, 1.54) is 108 Å². The SMILES string of the molecule is C=C/C(=C\C=C\C(=O)OC(C(/C=C\C)=C/C=C/C=O)c1ccc(C(=O)C(C)(C)O)cc1)C(=O)OC(c1ccc(C(=O)C(C)(C)O)cc1)c1ccc(C(=O)C(C)(C)O)cc1. The van der Waals surface area contributed by atoms with Gasteiger partial charge in [-0.15, -0.1) is 0 Å². The molecule has 1 atom stereocenters. The van der Waals surface area contributed by atoms with Crippen LogP contribution in [-0.2, 0) is 23.9 Å². The quantitative estimate of drug-likeness (QED) is 0.0361. The maximum Gasteiger partial charge on any atom is 0.339 e. The Morgan fingerprint density at radius 1 is 0.593 bits per heavy atom. The molecule has 0 spiro atoms. The van der Waals surface area contributed by atoms with E-state index in [2.05, 4.69) is 6.58 Å². The molecule has 3 N–H and O–H groups in total. The van der Waals surface area contributed by atoms with Gasteiger partial charge in [0.05, 0.1) is 5.57 Å². The van der Waals surface area contributed by atoms with Crippen LogP contribution in [0, 0.1) is 0 Å². The molecule has 3 rings (SSSR count). The lowest BCUT2D eigenvalue weighted by Crippen LogP contribution is -2.31. The highest BCUT2D eigenvalue weighted by Gasteiger charge is 2.29. The van der Waals surface area contributed by atoms with Crippen molar-refractivity contribution >= 4 is 35.6 Å². The van der Waals surface area contributed by atoms with Gasteiger partial charge in [0.2, 0.25) is 0 Å². The minimum atomic E-state index is -1.62. The van der Waals surface area contributed by atoms with Gasteiger partial charge >= 0.3 is 11.9 Å². The molecular formula is C48H50O11. The average Bonchev–Trinajstić information content (AvgIpc) is 3.18. The molecule has 0 amide bonds. The molecule has 0 aliphatic heterocycles. The lowest BCUT2D eigenvalue weighted by Gasteiger charge is -2.21. The number of ketones is 3. The standard InChI is InChI=1S/C48H50O11/c1-9-14-32(15-11-12-30-49)40(33-18-24-36(25-19-33)42(51)46(3,4)55)58-39(50)17-13-16-31(10-2)45(54)59-41(34-20-26-37(27-21-34)43(52)47(5,6)56)35-22-28-38(29-23-35)44(53)48(7,8)57/h9-30,40-41,55-57H,2H2,1,3-8H3/b12-11+,14-9-,17-13+,31-16+,32-15+. The van der Waals surface area contributed by atoms with Crippen molar-refractivity contribution in [2.45, 2.75) is 77.5 Å². The summed E-state index contributed by atoms with van der Waals surface area (Å²) in [6, 6.07) is 18.4. The fourth-order valence-electron chi connectivity index (χ4n) is 5.56. The fraction of sp³-hybridized carbons (Fsp3) is 0.250. The lowest BCUT2D eigenvalue weighted by atomic mass is 9.92. The second kappa shape index (κ2) is 20.3. The zero-order valence-electron chi connectivity index (χ0n) is 34.2. The Hall–Kier alpha value is -6.40. The molecule has 0 saturated heterocycles. The van der Waals surface area contributed by atoms with Gasteiger partial charge in [0.15, 0.2) is 29.6 Å². The molecule has 308 valence electrons. The van der Waals surface area contributed by atoms with Crippen LogP contribution in [0.1, 0.15) is 108 Å². The van der Waals surface area contributed by atoms with Gasteiger partial charge in [-0.1, -0.05) is 116 Å². The number of carbonyl (C=O) groups excluding carboxylic acids is 6. The van der Waals surface area contributed by atoms with Gasteiger partial charge in [-0.2, -0.15) is 0 Å². The van der Waals surface area contributed by atoms with Crippen LogP contribution in [0.25, 0.3) is 0 Å². The molecule has 0 saturated carbocycles. The van der Waals surface area contributed by atoms with E-state index in [1.807, 2.05) is 0 Å². The maximum atomic E-state index is 13.6. The molecule has 0 aliphatic carbocycles. The number of hydrogen-bond donors (Lipinski definition) is 3. The van der Waals surface area contributed by atoms with Gasteiger partial charge in [-0.25, -0.2) is 9.59 Å². The summed E-state index contributed by atoms with van der Waals surface area (Å²) >= 11 is 0. The van der Waals surface area contributed by atoms with Gasteiger partial charge < -0.3 is 24.8 Å². The maximum absolute atomic E-state index is 13.6. The number of hydrogen-bond acceptors (Lipinski definition) is 11. The van der Waals surface area contributed by atoms with Crippen LogP contribution in [0.2, 0.25) is 0 Å².